The molecule has 0 radical (unpaired) electrons. The Bertz CT molecular complexity index is 99.4. The van der Waals surface area contributed by atoms with E-state index in [0.717, 1.165) is 0 Å². The van der Waals surface area contributed by atoms with Gasteiger partial charge in [-0.15, -0.1) is 0 Å². The summed E-state index contributed by atoms with van der Waals surface area (Å²) in [6.45, 7) is 5.79. The van der Waals surface area contributed by atoms with E-state index >= 15 is 0 Å². The molecule has 90 valence electrons. The minimum Gasteiger partial charge on any atom is -0.397 e. The second-order valence-corrected chi connectivity index (χ2v) is 1.91. The van der Waals surface area contributed by atoms with Gasteiger partial charge in [-0.1, -0.05) is 0 Å². The average Bonchev–Trinajstić information content (AvgIpc) is 2.63. The zero-order chi connectivity index (χ0) is 11.7. The predicted molar refractivity (Wildman–Crippen MR) is 60.3 cm³/mol. The van der Waals surface area contributed by atoms with Crippen LogP contribution >= 0.6 is 0 Å². The zero-order valence-electron chi connectivity index (χ0n) is 9.85. The van der Waals surface area contributed by atoms with Gasteiger partial charge in [-0.25, -0.2) is 12.1 Å². The van der Waals surface area contributed by atoms with Gasteiger partial charge in [0, 0.05) is 46.0 Å². The fraction of sp³-hybridized carbons (Fsp3) is 0.545. The maximum atomic E-state index is 7.57. The molecule has 1 aromatic carbocycles. The van der Waals surface area contributed by atoms with E-state index in [9.17, 15) is 0 Å². The first-order valence-electron chi connectivity index (χ1n) is 4.74. The molecule has 0 aromatic heterocycles. The topological polar surface area (TPSA) is 60.7 Å². The second kappa shape index (κ2) is 36.9. The standard InChI is InChI=1S/C5H5.3C2H6O.Zr/c1-2-4-5-3-1;3*1-2-3;/h1-5H;3*3H,2H2,1H3;/q-1;;;;. The Labute approximate surface area is 112 Å². The minimum atomic E-state index is 0. The Hall–Kier alpha value is 0.113. The third-order valence-corrected chi connectivity index (χ3v) is 0.556. The van der Waals surface area contributed by atoms with Crippen LogP contribution in [0.4, 0.5) is 0 Å². The smallest absolute Gasteiger partial charge is 0.0402 e. The molecule has 0 saturated carbocycles. The summed E-state index contributed by atoms with van der Waals surface area (Å²) in [5, 5.41) is 22.7. The van der Waals surface area contributed by atoms with Gasteiger partial charge in [-0.2, -0.15) is 18.2 Å². The summed E-state index contributed by atoms with van der Waals surface area (Å²) in [5.74, 6) is 0. The molecule has 0 heterocycles. The first kappa shape index (κ1) is 24.4. The summed E-state index contributed by atoms with van der Waals surface area (Å²) in [6.07, 6.45) is 0. The van der Waals surface area contributed by atoms with Crippen LogP contribution in [0.2, 0.25) is 0 Å². The van der Waals surface area contributed by atoms with Crippen molar-refractivity contribution in [2.75, 3.05) is 19.8 Å². The molecule has 0 bridgehead atoms. The molecule has 0 atom stereocenters. The van der Waals surface area contributed by atoms with Gasteiger partial charge in [0.2, 0.25) is 0 Å². The van der Waals surface area contributed by atoms with Crippen LogP contribution in [-0.4, -0.2) is 35.1 Å². The van der Waals surface area contributed by atoms with Crippen molar-refractivity contribution in [3.05, 3.63) is 30.3 Å². The summed E-state index contributed by atoms with van der Waals surface area (Å²) < 4.78 is 0. The fourth-order valence-electron chi connectivity index (χ4n) is 0.321. The Morgan fingerprint density at radius 2 is 1.00 bits per heavy atom. The van der Waals surface area contributed by atoms with Crippen molar-refractivity contribution in [1.29, 1.82) is 0 Å². The summed E-state index contributed by atoms with van der Waals surface area (Å²) in [6, 6.07) is 10.0. The molecule has 0 aliphatic rings. The van der Waals surface area contributed by atoms with E-state index in [0.29, 0.717) is 0 Å². The molecule has 0 aliphatic carbocycles. The first-order chi connectivity index (χ1) is 6.74. The maximum absolute atomic E-state index is 7.57. The largest absolute Gasteiger partial charge is 0.397 e. The van der Waals surface area contributed by atoms with Gasteiger partial charge in [-0.3, -0.25) is 0 Å². The van der Waals surface area contributed by atoms with Crippen molar-refractivity contribution in [2.45, 2.75) is 20.8 Å². The second-order valence-electron chi connectivity index (χ2n) is 1.91. The Kier molecular flexibility index (Phi) is 59.9. The van der Waals surface area contributed by atoms with E-state index in [4.69, 9.17) is 15.3 Å². The third-order valence-electron chi connectivity index (χ3n) is 0.556. The van der Waals surface area contributed by atoms with Crippen LogP contribution in [-0.2, 0) is 26.2 Å². The average molecular weight is 295 g/mol. The number of aliphatic hydroxyl groups is 3. The Morgan fingerprint density at radius 3 is 1.07 bits per heavy atom. The van der Waals surface area contributed by atoms with Crippen molar-refractivity contribution in [1.82, 2.24) is 0 Å². The van der Waals surface area contributed by atoms with Crippen molar-refractivity contribution in [3.8, 4) is 0 Å². The van der Waals surface area contributed by atoms with Crippen molar-refractivity contribution < 1.29 is 41.5 Å². The molecule has 0 saturated heterocycles. The van der Waals surface area contributed by atoms with E-state index < -0.39 is 0 Å². The van der Waals surface area contributed by atoms with Crippen molar-refractivity contribution in [3.63, 3.8) is 0 Å². The number of hydrogen-bond donors (Lipinski definition) is 3. The van der Waals surface area contributed by atoms with E-state index in [2.05, 4.69) is 0 Å². The van der Waals surface area contributed by atoms with Crippen molar-refractivity contribution >= 4 is 0 Å². The molecule has 0 spiro atoms. The molecule has 3 nitrogen and oxygen atoms in total. The summed E-state index contributed by atoms with van der Waals surface area (Å²) in [4.78, 5) is 0. The quantitative estimate of drug-likeness (QED) is 0.634. The van der Waals surface area contributed by atoms with Gasteiger partial charge in [-0.05, 0) is 20.8 Å². The first-order valence-corrected chi connectivity index (χ1v) is 4.74. The SMILES string of the molecule is CCO.CCO.CCO.[Zr].c1cc[cH-]c1. The van der Waals surface area contributed by atoms with Crippen LogP contribution in [0, 0.1) is 0 Å². The van der Waals surface area contributed by atoms with E-state index in [1.165, 1.54) is 0 Å². The van der Waals surface area contributed by atoms with Gasteiger partial charge in [0.15, 0.2) is 0 Å². The number of hydrogen-bond acceptors (Lipinski definition) is 3. The summed E-state index contributed by atoms with van der Waals surface area (Å²) in [7, 11) is 0. The molecule has 1 aromatic rings. The van der Waals surface area contributed by atoms with Crippen LogP contribution in [0.3, 0.4) is 0 Å². The normalized spacial score (nSPS) is 6.27. The van der Waals surface area contributed by atoms with Crippen LogP contribution in [0.15, 0.2) is 30.3 Å². The van der Waals surface area contributed by atoms with Gasteiger partial charge >= 0.3 is 0 Å². The van der Waals surface area contributed by atoms with E-state index in [1.807, 2.05) is 30.3 Å². The van der Waals surface area contributed by atoms with E-state index in [-0.39, 0.29) is 46.0 Å². The maximum Gasteiger partial charge on any atom is 0.0402 e. The van der Waals surface area contributed by atoms with Crippen LogP contribution in [0.25, 0.3) is 0 Å². The van der Waals surface area contributed by atoms with Gasteiger partial charge < -0.3 is 15.3 Å². The van der Waals surface area contributed by atoms with Crippen LogP contribution in [0.1, 0.15) is 20.8 Å². The van der Waals surface area contributed by atoms with Gasteiger partial charge in [0.05, 0.1) is 0 Å². The summed E-state index contributed by atoms with van der Waals surface area (Å²) >= 11 is 0. The molecule has 1 rings (SSSR count). The zero-order valence-corrected chi connectivity index (χ0v) is 12.3. The molecule has 0 fully saturated rings. The molecular weight excluding hydrogens is 271 g/mol. The molecule has 3 N–H and O–H groups in total. The van der Waals surface area contributed by atoms with Crippen molar-refractivity contribution in [2.24, 2.45) is 0 Å². The van der Waals surface area contributed by atoms with Gasteiger partial charge in [0.1, 0.15) is 0 Å². The monoisotopic (exact) mass is 293 g/mol. The van der Waals surface area contributed by atoms with Crippen LogP contribution < -0.4 is 0 Å². The summed E-state index contributed by atoms with van der Waals surface area (Å²) in [5.41, 5.74) is 0. The molecule has 0 unspecified atom stereocenters. The van der Waals surface area contributed by atoms with Gasteiger partial charge in [0.25, 0.3) is 0 Å². The van der Waals surface area contributed by atoms with E-state index in [1.54, 1.807) is 20.8 Å². The molecule has 0 amide bonds. The predicted octanol–water partition coefficient (Wildman–Crippen LogP) is 1.40. The third kappa shape index (κ3) is 79.2. The molecule has 0 aliphatic heterocycles. The number of rotatable bonds is 0. The Balaban J connectivity index is -0.0000000550. The molecule has 4 heteroatoms. The fourth-order valence-corrected chi connectivity index (χ4v) is 0.321. The number of aliphatic hydroxyl groups excluding tert-OH is 3. The minimum absolute atomic E-state index is 0. The molecule has 15 heavy (non-hydrogen) atoms. The molecular formula is C11H23O3Zr-. The Morgan fingerprint density at radius 1 is 0.800 bits per heavy atom. The van der Waals surface area contributed by atoms with Crippen LogP contribution in [0.5, 0.6) is 0 Å².